The summed E-state index contributed by atoms with van der Waals surface area (Å²) in [5, 5.41) is 6.08. The lowest BCUT2D eigenvalue weighted by atomic mass is 9.83. The average Bonchev–Trinajstić information content (AvgIpc) is 3.34. The van der Waals surface area contributed by atoms with Gasteiger partial charge >= 0.3 is 0 Å². The van der Waals surface area contributed by atoms with E-state index >= 15 is 0 Å². The Morgan fingerprint density at radius 2 is 1.68 bits per heavy atom. The minimum Gasteiger partial charge on any atom is -0.384 e. The number of aromatic nitrogens is 1. The second kappa shape index (κ2) is 14.6. The number of carbonyl (C=O) groups is 5. The van der Waals surface area contributed by atoms with Crippen LogP contribution in [0.2, 0.25) is 0 Å². The molecule has 38 heavy (non-hydrogen) atoms. The van der Waals surface area contributed by atoms with Crippen molar-refractivity contribution >= 4 is 41.0 Å². The van der Waals surface area contributed by atoms with Crippen molar-refractivity contribution in [2.24, 2.45) is 11.3 Å². The van der Waals surface area contributed by atoms with Crippen LogP contribution in [0.15, 0.2) is 36.5 Å². The Labute approximate surface area is 226 Å². The zero-order valence-corrected chi connectivity index (χ0v) is 23.1. The molecular weight excluding hydrogens is 510 g/mol. The number of carbonyl (C=O) groups excluding carboxylic acids is 5. The van der Waals surface area contributed by atoms with Crippen molar-refractivity contribution < 1.29 is 33.4 Å². The molecule has 3 atom stereocenters. The summed E-state index contributed by atoms with van der Waals surface area (Å²) < 4.78 is 10.3. The second-order valence-electron chi connectivity index (χ2n) is 9.50. The maximum atomic E-state index is 13.3. The molecule has 2 N–H and O–H groups in total. The third kappa shape index (κ3) is 8.93. The number of aldehydes is 1. The lowest BCUT2D eigenvalue weighted by Gasteiger charge is -2.27. The monoisotopic (exact) mass is 545 g/mol. The van der Waals surface area contributed by atoms with Gasteiger partial charge in [-0.3, -0.25) is 19.2 Å². The lowest BCUT2D eigenvalue weighted by Crippen LogP contribution is -2.51. The molecular formula is C27H35N3O7S. The Bertz CT molecular complexity index is 1120. The van der Waals surface area contributed by atoms with Crippen LogP contribution in [0.3, 0.4) is 0 Å². The van der Waals surface area contributed by atoms with Crippen LogP contribution in [0, 0.1) is 18.3 Å². The van der Waals surface area contributed by atoms with Crippen molar-refractivity contribution in [1.82, 2.24) is 15.6 Å². The molecule has 2 rings (SSSR count). The fourth-order valence-electron chi connectivity index (χ4n) is 3.75. The number of nitrogens with zero attached hydrogens (tertiary/aromatic N) is 1. The van der Waals surface area contributed by atoms with Crippen molar-refractivity contribution in [3.63, 3.8) is 0 Å². The molecule has 2 amide bonds. The van der Waals surface area contributed by atoms with Crippen LogP contribution in [-0.4, -0.2) is 74.2 Å². The van der Waals surface area contributed by atoms with Crippen molar-refractivity contribution in [2.75, 3.05) is 27.4 Å². The van der Waals surface area contributed by atoms with Gasteiger partial charge in [-0.05, 0) is 32.8 Å². The first-order valence-electron chi connectivity index (χ1n) is 12.1. The van der Waals surface area contributed by atoms with Gasteiger partial charge in [-0.15, -0.1) is 11.3 Å². The number of Topliss-reactive ketones (excluding diaryl/α,β-unsaturated/α-hetero) is 2. The SMILES string of the molecule is COC[C@H](CC(=O)[C@H](COC)NC(=O)c1cnc(C)s1)C(=O)N[C@@H](Cc1ccccc1)C(=O)C(C)(C)C=O. The highest BCUT2D eigenvalue weighted by atomic mass is 32.1. The van der Waals surface area contributed by atoms with E-state index in [-0.39, 0.29) is 26.1 Å². The van der Waals surface area contributed by atoms with Gasteiger partial charge in [-0.2, -0.15) is 0 Å². The lowest BCUT2D eigenvalue weighted by molar-refractivity contribution is -0.138. The van der Waals surface area contributed by atoms with Gasteiger partial charge in [0.15, 0.2) is 11.6 Å². The van der Waals surface area contributed by atoms with Gasteiger partial charge in [0, 0.05) is 20.6 Å². The van der Waals surface area contributed by atoms with Crippen LogP contribution in [0.5, 0.6) is 0 Å². The quantitative estimate of drug-likeness (QED) is 0.241. The van der Waals surface area contributed by atoms with Crippen LogP contribution in [0.4, 0.5) is 0 Å². The molecule has 0 unspecified atom stereocenters. The molecule has 2 aromatic rings. The van der Waals surface area contributed by atoms with E-state index in [9.17, 15) is 24.0 Å². The standard InChI is InChI=1S/C27H35N3O7S/c1-17-28-13-23(38-17)26(35)30-21(15-37-5)22(32)12-19(14-36-4)25(34)29-20(24(33)27(2,3)16-31)11-18-9-7-6-8-10-18/h6-10,13,16,19-21H,11-12,14-15H2,1-5H3,(H,29,34)(H,30,35)/t19-,20-,21-/m0/s1. The number of nitrogens with one attached hydrogen (secondary N) is 2. The molecule has 0 bridgehead atoms. The average molecular weight is 546 g/mol. The van der Waals surface area contributed by atoms with E-state index in [1.54, 1.807) is 6.92 Å². The van der Waals surface area contributed by atoms with Crippen molar-refractivity contribution in [3.8, 4) is 0 Å². The van der Waals surface area contributed by atoms with Crippen molar-refractivity contribution in [1.29, 1.82) is 0 Å². The maximum Gasteiger partial charge on any atom is 0.263 e. The molecule has 10 nitrogen and oxygen atoms in total. The number of hydrogen-bond donors (Lipinski definition) is 2. The van der Waals surface area contributed by atoms with Crippen LogP contribution in [0.25, 0.3) is 0 Å². The molecule has 0 aliphatic rings. The molecule has 0 fully saturated rings. The first-order chi connectivity index (χ1) is 18.0. The summed E-state index contributed by atoms with van der Waals surface area (Å²) >= 11 is 1.19. The summed E-state index contributed by atoms with van der Waals surface area (Å²) in [4.78, 5) is 68.2. The summed E-state index contributed by atoms with van der Waals surface area (Å²) in [5.74, 6) is -2.87. The van der Waals surface area contributed by atoms with E-state index in [0.717, 1.165) is 5.56 Å². The number of ketones is 2. The number of hydrogen-bond acceptors (Lipinski definition) is 9. The molecule has 206 valence electrons. The molecule has 11 heteroatoms. The molecule has 0 spiro atoms. The molecule has 1 heterocycles. The Morgan fingerprint density at radius 3 is 2.24 bits per heavy atom. The summed E-state index contributed by atoms with van der Waals surface area (Å²) in [6.07, 6.45) is 1.89. The van der Waals surface area contributed by atoms with Crippen LogP contribution in [0.1, 0.15) is 40.5 Å². The van der Waals surface area contributed by atoms with E-state index in [4.69, 9.17) is 9.47 Å². The number of methoxy groups -OCH3 is 2. The number of ether oxygens (including phenoxy) is 2. The first kappa shape index (κ1) is 30.9. The fraction of sp³-hybridized carbons (Fsp3) is 0.481. The van der Waals surface area contributed by atoms with Gasteiger partial charge in [0.05, 0.1) is 41.8 Å². The van der Waals surface area contributed by atoms with Gasteiger partial charge in [0.25, 0.3) is 5.91 Å². The smallest absolute Gasteiger partial charge is 0.263 e. The fourth-order valence-corrected chi connectivity index (χ4v) is 4.43. The van der Waals surface area contributed by atoms with Gasteiger partial charge in [0.1, 0.15) is 17.2 Å². The van der Waals surface area contributed by atoms with E-state index in [0.29, 0.717) is 16.2 Å². The highest BCUT2D eigenvalue weighted by molar-refractivity contribution is 7.13. The van der Waals surface area contributed by atoms with E-state index in [2.05, 4.69) is 15.6 Å². The van der Waals surface area contributed by atoms with Gasteiger partial charge < -0.3 is 24.9 Å². The normalized spacial score (nSPS) is 13.7. The molecule has 0 radical (unpaired) electrons. The van der Waals surface area contributed by atoms with Crippen LogP contribution in [-0.2, 0) is 35.1 Å². The van der Waals surface area contributed by atoms with E-state index in [1.165, 1.54) is 45.6 Å². The predicted molar refractivity (Wildman–Crippen MR) is 142 cm³/mol. The van der Waals surface area contributed by atoms with Crippen LogP contribution < -0.4 is 10.6 Å². The largest absolute Gasteiger partial charge is 0.384 e. The topological polar surface area (TPSA) is 141 Å². The zero-order chi connectivity index (χ0) is 28.3. The highest BCUT2D eigenvalue weighted by Crippen LogP contribution is 2.19. The third-order valence-electron chi connectivity index (χ3n) is 5.90. The highest BCUT2D eigenvalue weighted by Gasteiger charge is 2.36. The summed E-state index contributed by atoms with van der Waals surface area (Å²) in [5.41, 5.74) is -0.518. The van der Waals surface area contributed by atoms with Gasteiger partial charge in [-0.1, -0.05) is 30.3 Å². The van der Waals surface area contributed by atoms with Crippen molar-refractivity contribution in [2.45, 2.75) is 45.7 Å². The number of amides is 2. The first-order valence-corrected chi connectivity index (χ1v) is 12.9. The summed E-state index contributed by atoms with van der Waals surface area (Å²) in [6, 6.07) is 7.10. The Kier molecular flexibility index (Phi) is 11.9. The summed E-state index contributed by atoms with van der Waals surface area (Å²) in [6.45, 7) is 4.56. The van der Waals surface area contributed by atoms with Gasteiger partial charge in [-0.25, -0.2) is 4.98 Å². The second-order valence-corrected chi connectivity index (χ2v) is 10.7. The third-order valence-corrected chi connectivity index (χ3v) is 6.82. The van der Waals surface area contributed by atoms with Gasteiger partial charge in [0.2, 0.25) is 5.91 Å². The molecule has 0 saturated carbocycles. The maximum absolute atomic E-state index is 13.3. The minimum atomic E-state index is -1.32. The van der Waals surface area contributed by atoms with Crippen molar-refractivity contribution in [3.05, 3.63) is 52.0 Å². The number of rotatable bonds is 16. The number of thiazole rings is 1. The van der Waals surface area contributed by atoms with E-state index < -0.39 is 46.8 Å². The molecule has 0 aliphatic heterocycles. The summed E-state index contributed by atoms with van der Waals surface area (Å²) in [7, 11) is 2.80. The number of aryl methyl sites for hydroxylation is 1. The van der Waals surface area contributed by atoms with E-state index in [1.807, 2.05) is 30.3 Å². The molecule has 0 aliphatic carbocycles. The van der Waals surface area contributed by atoms with Crippen LogP contribution >= 0.6 is 11.3 Å². The number of benzene rings is 1. The zero-order valence-electron chi connectivity index (χ0n) is 22.3. The predicted octanol–water partition coefficient (Wildman–Crippen LogP) is 1.94. The Morgan fingerprint density at radius 1 is 1.03 bits per heavy atom. The Hall–Kier alpha value is -3.28. The minimum absolute atomic E-state index is 0.0909. The molecule has 1 aromatic carbocycles. The molecule has 1 aromatic heterocycles. The molecule has 0 saturated heterocycles. The Balaban J connectivity index is 2.19.